The van der Waals surface area contributed by atoms with Crippen LogP contribution in [-0.4, -0.2) is 61.7 Å². The van der Waals surface area contributed by atoms with Crippen molar-refractivity contribution in [3.05, 3.63) is 0 Å². The number of piperidine rings is 2. The average molecular weight is 250 g/mol. The molecule has 3 atom stereocenters. The van der Waals surface area contributed by atoms with Gasteiger partial charge in [0.15, 0.2) is 0 Å². The van der Waals surface area contributed by atoms with E-state index in [2.05, 4.69) is 35.2 Å². The van der Waals surface area contributed by atoms with Gasteiger partial charge < -0.3 is 15.1 Å². The maximum atomic E-state index is 9.11. The fraction of sp³-hybridized carbons (Fsp3) is 0.929. The molecule has 0 aromatic rings. The van der Waals surface area contributed by atoms with Crippen LogP contribution in [0.15, 0.2) is 0 Å². The highest BCUT2D eigenvalue weighted by atomic mass is 15.2. The van der Waals surface area contributed by atoms with E-state index in [-0.39, 0.29) is 6.04 Å². The summed E-state index contributed by atoms with van der Waals surface area (Å²) in [6, 6.07) is 3.15. The fourth-order valence-corrected chi connectivity index (χ4v) is 3.55. The summed E-state index contributed by atoms with van der Waals surface area (Å²) < 4.78 is 0. The average Bonchev–Trinajstić information content (AvgIpc) is 2.38. The van der Waals surface area contributed by atoms with Gasteiger partial charge in [0.25, 0.3) is 0 Å². The van der Waals surface area contributed by atoms with Crippen molar-refractivity contribution < 1.29 is 0 Å². The number of nitrogens with one attached hydrogen (secondary N) is 1. The minimum Gasteiger partial charge on any atom is -0.303 e. The molecule has 1 N–H and O–H groups in total. The van der Waals surface area contributed by atoms with E-state index in [0.29, 0.717) is 0 Å². The molecule has 2 aliphatic rings. The second-order valence-electron chi connectivity index (χ2n) is 5.74. The molecular weight excluding hydrogens is 224 g/mol. The van der Waals surface area contributed by atoms with Gasteiger partial charge in [0, 0.05) is 19.1 Å². The summed E-state index contributed by atoms with van der Waals surface area (Å²) in [5.41, 5.74) is 0. The quantitative estimate of drug-likeness (QED) is 0.805. The van der Waals surface area contributed by atoms with E-state index >= 15 is 0 Å². The summed E-state index contributed by atoms with van der Waals surface area (Å²) in [7, 11) is 2.27. The number of fused-ring (bicyclic) bond motifs is 1. The molecule has 2 fully saturated rings. The Bertz CT molecular complexity index is 299. The Morgan fingerprint density at radius 1 is 1.39 bits per heavy atom. The van der Waals surface area contributed by atoms with Crippen molar-refractivity contribution >= 4 is 0 Å². The molecule has 0 aliphatic carbocycles. The van der Waals surface area contributed by atoms with Crippen LogP contribution >= 0.6 is 0 Å². The van der Waals surface area contributed by atoms with Gasteiger partial charge in [-0.2, -0.15) is 5.26 Å². The molecule has 2 aliphatic heterocycles. The third-order valence-electron chi connectivity index (χ3n) is 4.48. The first-order valence-corrected chi connectivity index (χ1v) is 7.30. The van der Waals surface area contributed by atoms with Crippen molar-refractivity contribution in [2.45, 2.75) is 38.3 Å². The minimum atomic E-state index is -0.00660. The molecule has 3 unspecified atom stereocenters. The van der Waals surface area contributed by atoms with Gasteiger partial charge in [0.2, 0.25) is 0 Å². The zero-order chi connectivity index (χ0) is 13.0. The summed E-state index contributed by atoms with van der Waals surface area (Å²) in [5.74, 6) is 0.818. The molecule has 0 spiro atoms. The number of likely N-dealkylation sites (tertiary alicyclic amines) is 2. The van der Waals surface area contributed by atoms with Gasteiger partial charge >= 0.3 is 0 Å². The van der Waals surface area contributed by atoms with E-state index in [1.807, 2.05) is 0 Å². The van der Waals surface area contributed by atoms with Gasteiger partial charge in [-0.25, -0.2) is 0 Å². The van der Waals surface area contributed by atoms with Gasteiger partial charge in [0.05, 0.1) is 6.07 Å². The number of rotatable bonds is 4. The summed E-state index contributed by atoms with van der Waals surface area (Å²) in [5, 5.41) is 12.4. The van der Waals surface area contributed by atoms with Crippen molar-refractivity contribution in [1.82, 2.24) is 15.1 Å². The van der Waals surface area contributed by atoms with E-state index in [1.54, 1.807) is 0 Å². The van der Waals surface area contributed by atoms with Crippen LogP contribution in [0.5, 0.6) is 0 Å². The molecule has 102 valence electrons. The lowest BCUT2D eigenvalue weighted by atomic mass is 9.84. The first-order chi connectivity index (χ1) is 8.74. The SMILES string of the molecule is CCNC(C#N)CN1CCC2C(CCCN2C)C1. The summed E-state index contributed by atoms with van der Waals surface area (Å²) in [6.07, 6.45) is 3.97. The molecule has 2 heterocycles. The van der Waals surface area contributed by atoms with Gasteiger partial charge in [-0.3, -0.25) is 0 Å². The zero-order valence-electron chi connectivity index (χ0n) is 11.7. The Morgan fingerprint density at radius 2 is 2.22 bits per heavy atom. The van der Waals surface area contributed by atoms with Gasteiger partial charge in [0.1, 0.15) is 6.04 Å². The largest absolute Gasteiger partial charge is 0.303 e. The van der Waals surface area contributed by atoms with Crippen molar-refractivity contribution in [3.8, 4) is 6.07 Å². The molecule has 0 aromatic heterocycles. The Morgan fingerprint density at radius 3 is 2.94 bits per heavy atom. The lowest BCUT2D eigenvalue weighted by Gasteiger charge is -2.46. The highest BCUT2D eigenvalue weighted by Crippen LogP contribution is 2.29. The van der Waals surface area contributed by atoms with Crippen LogP contribution in [0.2, 0.25) is 0 Å². The van der Waals surface area contributed by atoms with E-state index in [1.165, 1.54) is 32.4 Å². The number of nitriles is 1. The minimum absolute atomic E-state index is 0.00660. The predicted octanol–water partition coefficient (Wildman–Crippen LogP) is 0.904. The summed E-state index contributed by atoms with van der Waals surface area (Å²) >= 11 is 0. The van der Waals surface area contributed by atoms with Crippen LogP contribution in [0, 0.1) is 17.2 Å². The maximum Gasteiger partial charge on any atom is 0.108 e. The molecule has 0 radical (unpaired) electrons. The molecule has 0 saturated carbocycles. The molecule has 4 heteroatoms. The topological polar surface area (TPSA) is 42.3 Å². The first kappa shape index (κ1) is 13.8. The van der Waals surface area contributed by atoms with Crippen molar-refractivity contribution in [2.75, 3.05) is 39.8 Å². The van der Waals surface area contributed by atoms with E-state index in [9.17, 15) is 0 Å². The Hall–Kier alpha value is -0.630. The number of hydrogen-bond acceptors (Lipinski definition) is 4. The third kappa shape index (κ3) is 3.23. The van der Waals surface area contributed by atoms with Gasteiger partial charge in [-0.1, -0.05) is 6.92 Å². The van der Waals surface area contributed by atoms with Crippen LogP contribution in [0.1, 0.15) is 26.2 Å². The molecule has 0 bridgehead atoms. The van der Waals surface area contributed by atoms with E-state index in [4.69, 9.17) is 5.26 Å². The fourth-order valence-electron chi connectivity index (χ4n) is 3.55. The molecule has 18 heavy (non-hydrogen) atoms. The Kier molecular flexibility index (Phi) is 4.99. The molecule has 2 rings (SSSR count). The Balaban J connectivity index is 1.85. The molecular formula is C14H26N4. The second-order valence-corrected chi connectivity index (χ2v) is 5.74. The highest BCUT2D eigenvalue weighted by molar-refractivity contribution is 4.95. The normalized spacial score (nSPS) is 31.6. The zero-order valence-corrected chi connectivity index (χ0v) is 11.7. The lowest BCUT2D eigenvalue weighted by Crippen LogP contribution is -2.54. The number of likely N-dealkylation sites (N-methyl/N-ethyl adjacent to an activating group) is 1. The number of hydrogen-bond donors (Lipinski definition) is 1. The summed E-state index contributed by atoms with van der Waals surface area (Å²) in [6.45, 7) is 7.41. The molecule has 0 amide bonds. The molecule has 2 saturated heterocycles. The lowest BCUT2D eigenvalue weighted by molar-refractivity contribution is 0.0370. The van der Waals surface area contributed by atoms with Crippen LogP contribution in [0.3, 0.4) is 0 Å². The standard InChI is InChI=1S/C14H26N4/c1-3-16-13(9-15)11-18-8-6-14-12(10-18)5-4-7-17(14)2/h12-14,16H,3-8,10-11H2,1-2H3. The highest BCUT2D eigenvalue weighted by Gasteiger charge is 2.34. The van der Waals surface area contributed by atoms with Crippen LogP contribution < -0.4 is 5.32 Å². The number of nitrogens with zero attached hydrogens (tertiary/aromatic N) is 3. The van der Waals surface area contributed by atoms with Crippen LogP contribution in [0.25, 0.3) is 0 Å². The maximum absolute atomic E-state index is 9.11. The second kappa shape index (κ2) is 6.51. The van der Waals surface area contributed by atoms with Gasteiger partial charge in [-0.15, -0.1) is 0 Å². The predicted molar refractivity (Wildman–Crippen MR) is 73.3 cm³/mol. The van der Waals surface area contributed by atoms with Gasteiger partial charge in [-0.05, 0) is 51.9 Å². The van der Waals surface area contributed by atoms with Crippen molar-refractivity contribution in [2.24, 2.45) is 5.92 Å². The van der Waals surface area contributed by atoms with E-state index < -0.39 is 0 Å². The van der Waals surface area contributed by atoms with Crippen molar-refractivity contribution in [3.63, 3.8) is 0 Å². The Labute approximate surface area is 111 Å². The summed E-state index contributed by atoms with van der Waals surface area (Å²) in [4.78, 5) is 5.02. The van der Waals surface area contributed by atoms with Crippen LogP contribution in [-0.2, 0) is 0 Å². The monoisotopic (exact) mass is 250 g/mol. The van der Waals surface area contributed by atoms with Crippen molar-refractivity contribution in [1.29, 1.82) is 5.26 Å². The molecule has 0 aromatic carbocycles. The first-order valence-electron chi connectivity index (χ1n) is 7.30. The third-order valence-corrected chi connectivity index (χ3v) is 4.48. The smallest absolute Gasteiger partial charge is 0.108 e. The van der Waals surface area contributed by atoms with E-state index in [0.717, 1.165) is 31.6 Å². The van der Waals surface area contributed by atoms with Crippen LogP contribution in [0.4, 0.5) is 0 Å². The molecule has 4 nitrogen and oxygen atoms in total.